The number of hydrogen-bond donors (Lipinski definition) is 3. The molecule has 5 N–H and O–H groups in total. The molecule has 1 aromatic heterocycles. The molecule has 12 heavy (non-hydrogen) atoms. The first kappa shape index (κ1) is 8.96. The van der Waals surface area contributed by atoms with Crippen LogP contribution in [0.1, 0.15) is 12.5 Å². The maximum Gasteiger partial charge on any atom is 0.0651 e. The highest BCUT2D eigenvalue weighted by Gasteiger charge is 2.21. The minimum atomic E-state index is -0.785. The van der Waals surface area contributed by atoms with Gasteiger partial charge in [0.2, 0.25) is 0 Å². The lowest BCUT2D eigenvalue weighted by atomic mass is 9.94. The molecule has 0 amide bonds. The Balaban J connectivity index is 3.10. The van der Waals surface area contributed by atoms with Crippen LogP contribution in [0.5, 0.6) is 0 Å². The van der Waals surface area contributed by atoms with Crippen LogP contribution >= 0.6 is 0 Å². The van der Waals surface area contributed by atoms with E-state index in [4.69, 9.17) is 16.6 Å². The summed E-state index contributed by atoms with van der Waals surface area (Å²) in [5.41, 5.74) is 11.9. The van der Waals surface area contributed by atoms with Crippen molar-refractivity contribution in [1.29, 1.82) is 0 Å². The number of nitrogens with two attached hydrogens (primary N) is 2. The fourth-order valence-electron chi connectivity index (χ4n) is 1.01. The van der Waals surface area contributed by atoms with Crippen molar-refractivity contribution in [2.45, 2.75) is 12.5 Å². The monoisotopic (exact) mass is 167 g/mol. The average Bonchev–Trinajstić information content (AvgIpc) is 2.05. The Labute approximate surface area is 71.2 Å². The average molecular weight is 167 g/mol. The molecule has 4 nitrogen and oxygen atoms in total. The van der Waals surface area contributed by atoms with Crippen LogP contribution < -0.4 is 11.5 Å². The van der Waals surface area contributed by atoms with Crippen molar-refractivity contribution in [1.82, 2.24) is 4.98 Å². The van der Waals surface area contributed by atoms with Crippen LogP contribution in [0.3, 0.4) is 0 Å². The van der Waals surface area contributed by atoms with E-state index in [0.717, 1.165) is 5.56 Å². The predicted molar refractivity (Wildman–Crippen MR) is 47.3 cm³/mol. The van der Waals surface area contributed by atoms with E-state index in [-0.39, 0.29) is 6.61 Å². The smallest absolute Gasteiger partial charge is 0.0651 e. The van der Waals surface area contributed by atoms with Crippen LogP contribution in [-0.4, -0.2) is 16.7 Å². The minimum absolute atomic E-state index is 0.138. The maximum atomic E-state index is 8.97. The van der Waals surface area contributed by atoms with Gasteiger partial charge in [0.05, 0.1) is 24.0 Å². The van der Waals surface area contributed by atoms with E-state index in [0.29, 0.717) is 5.69 Å². The zero-order chi connectivity index (χ0) is 9.19. The molecule has 0 fully saturated rings. The molecule has 66 valence electrons. The van der Waals surface area contributed by atoms with Crippen LogP contribution in [0.4, 0.5) is 5.69 Å². The van der Waals surface area contributed by atoms with Gasteiger partial charge in [-0.1, -0.05) is 0 Å². The number of nitrogen functional groups attached to an aromatic ring is 1. The van der Waals surface area contributed by atoms with Crippen LogP contribution in [0, 0.1) is 0 Å². The molecule has 1 atom stereocenters. The van der Waals surface area contributed by atoms with Crippen LogP contribution in [-0.2, 0) is 5.54 Å². The van der Waals surface area contributed by atoms with Gasteiger partial charge in [0, 0.05) is 6.20 Å². The fraction of sp³-hybridized carbons (Fsp3) is 0.375. The van der Waals surface area contributed by atoms with Crippen LogP contribution in [0.2, 0.25) is 0 Å². The number of nitrogens with zero attached hydrogens (tertiary/aromatic N) is 1. The van der Waals surface area contributed by atoms with Gasteiger partial charge in [-0.05, 0) is 18.6 Å². The van der Waals surface area contributed by atoms with Crippen molar-refractivity contribution in [2.75, 3.05) is 12.3 Å². The summed E-state index contributed by atoms with van der Waals surface area (Å²) < 4.78 is 0. The molecular weight excluding hydrogens is 154 g/mol. The SMILES string of the molecule is C[C@](N)(CO)c1ccncc1N. The summed E-state index contributed by atoms with van der Waals surface area (Å²) in [5, 5.41) is 8.97. The molecule has 0 aromatic carbocycles. The van der Waals surface area contributed by atoms with Gasteiger partial charge in [0.1, 0.15) is 0 Å². The quantitative estimate of drug-likeness (QED) is 0.571. The van der Waals surface area contributed by atoms with Gasteiger partial charge in [0.15, 0.2) is 0 Å². The Hall–Kier alpha value is -1.13. The number of aliphatic hydroxyl groups is 1. The topological polar surface area (TPSA) is 85.2 Å². The lowest BCUT2D eigenvalue weighted by molar-refractivity contribution is 0.210. The molecule has 1 rings (SSSR count). The largest absolute Gasteiger partial charge is 0.397 e. The zero-order valence-electron chi connectivity index (χ0n) is 6.99. The first-order valence-corrected chi connectivity index (χ1v) is 3.67. The zero-order valence-corrected chi connectivity index (χ0v) is 6.99. The van der Waals surface area contributed by atoms with Gasteiger partial charge >= 0.3 is 0 Å². The van der Waals surface area contributed by atoms with Crippen molar-refractivity contribution >= 4 is 5.69 Å². The van der Waals surface area contributed by atoms with Crippen molar-refractivity contribution in [2.24, 2.45) is 5.73 Å². The van der Waals surface area contributed by atoms with Crippen LogP contribution in [0.25, 0.3) is 0 Å². The Morgan fingerprint density at radius 1 is 1.67 bits per heavy atom. The van der Waals surface area contributed by atoms with Crippen molar-refractivity contribution < 1.29 is 5.11 Å². The lowest BCUT2D eigenvalue weighted by Gasteiger charge is -2.23. The molecule has 0 bridgehead atoms. The molecule has 0 saturated carbocycles. The number of rotatable bonds is 2. The van der Waals surface area contributed by atoms with E-state index < -0.39 is 5.54 Å². The van der Waals surface area contributed by atoms with E-state index in [1.165, 1.54) is 6.20 Å². The van der Waals surface area contributed by atoms with Gasteiger partial charge < -0.3 is 16.6 Å². The summed E-state index contributed by atoms with van der Waals surface area (Å²) in [4.78, 5) is 3.83. The summed E-state index contributed by atoms with van der Waals surface area (Å²) in [6.45, 7) is 1.58. The van der Waals surface area contributed by atoms with E-state index in [1.807, 2.05) is 0 Å². The highest BCUT2D eigenvalue weighted by atomic mass is 16.3. The minimum Gasteiger partial charge on any atom is -0.397 e. The van der Waals surface area contributed by atoms with Gasteiger partial charge in [-0.25, -0.2) is 0 Å². The highest BCUT2D eigenvalue weighted by molar-refractivity contribution is 5.47. The standard InChI is InChI=1S/C8H13N3O/c1-8(10,5-12)6-2-3-11-4-7(6)9/h2-4,12H,5,9-10H2,1H3/t8-/m0/s1. The number of hydrogen-bond acceptors (Lipinski definition) is 4. The Bertz CT molecular complexity index is 273. The van der Waals surface area contributed by atoms with Crippen LogP contribution in [0.15, 0.2) is 18.5 Å². The molecular formula is C8H13N3O. The predicted octanol–water partition coefficient (Wildman–Crippen LogP) is -0.170. The first-order chi connectivity index (χ1) is 5.58. The summed E-state index contributed by atoms with van der Waals surface area (Å²) >= 11 is 0. The number of pyridine rings is 1. The van der Waals surface area contributed by atoms with E-state index in [1.54, 1.807) is 19.2 Å². The third-order valence-corrected chi connectivity index (χ3v) is 1.80. The Kier molecular flexibility index (Phi) is 2.30. The molecule has 0 unspecified atom stereocenters. The molecule has 0 radical (unpaired) electrons. The third kappa shape index (κ3) is 1.54. The number of aliphatic hydroxyl groups excluding tert-OH is 1. The molecule has 0 spiro atoms. The fourth-order valence-corrected chi connectivity index (χ4v) is 1.01. The molecule has 1 heterocycles. The molecule has 1 aromatic rings. The second-order valence-electron chi connectivity index (χ2n) is 3.04. The normalized spacial score (nSPS) is 15.6. The Morgan fingerprint density at radius 2 is 2.33 bits per heavy atom. The number of anilines is 1. The van der Waals surface area contributed by atoms with Crippen molar-refractivity contribution in [3.63, 3.8) is 0 Å². The summed E-state index contributed by atoms with van der Waals surface area (Å²) in [6.07, 6.45) is 3.13. The van der Waals surface area contributed by atoms with E-state index >= 15 is 0 Å². The van der Waals surface area contributed by atoms with Gasteiger partial charge in [0.25, 0.3) is 0 Å². The highest BCUT2D eigenvalue weighted by Crippen LogP contribution is 2.21. The second kappa shape index (κ2) is 3.08. The van der Waals surface area contributed by atoms with E-state index in [9.17, 15) is 0 Å². The Morgan fingerprint density at radius 3 is 2.83 bits per heavy atom. The summed E-state index contributed by atoms with van der Waals surface area (Å²) in [5.74, 6) is 0. The van der Waals surface area contributed by atoms with Crippen molar-refractivity contribution in [3.8, 4) is 0 Å². The number of aromatic nitrogens is 1. The molecule has 0 saturated heterocycles. The molecule has 0 aliphatic rings. The van der Waals surface area contributed by atoms with Crippen molar-refractivity contribution in [3.05, 3.63) is 24.0 Å². The first-order valence-electron chi connectivity index (χ1n) is 3.67. The van der Waals surface area contributed by atoms with Gasteiger partial charge in [-0.2, -0.15) is 0 Å². The van der Waals surface area contributed by atoms with E-state index in [2.05, 4.69) is 4.98 Å². The molecule has 0 aliphatic heterocycles. The summed E-state index contributed by atoms with van der Waals surface area (Å²) in [7, 11) is 0. The molecule has 4 heteroatoms. The van der Waals surface area contributed by atoms with Gasteiger partial charge in [-0.15, -0.1) is 0 Å². The maximum absolute atomic E-state index is 8.97. The molecule has 0 aliphatic carbocycles. The summed E-state index contributed by atoms with van der Waals surface area (Å²) in [6, 6.07) is 1.71. The second-order valence-corrected chi connectivity index (χ2v) is 3.04. The van der Waals surface area contributed by atoms with Gasteiger partial charge in [-0.3, -0.25) is 4.98 Å². The third-order valence-electron chi connectivity index (χ3n) is 1.80. The lowest BCUT2D eigenvalue weighted by Crippen LogP contribution is -2.37.